The van der Waals surface area contributed by atoms with Crippen LogP contribution >= 0.6 is 0 Å². The number of aromatic nitrogens is 12. The fourth-order valence-electron chi connectivity index (χ4n) is 12.6. The Kier molecular flexibility index (Phi) is 23.8. The highest BCUT2D eigenvalue weighted by atomic mass is 16.2. The third-order valence-corrected chi connectivity index (χ3v) is 18.4. The van der Waals surface area contributed by atoms with Crippen LogP contribution < -0.4 is 63.8 Å². The Labute approximate surface area is 646 Å². The summed E-state index contributed by atoms with van der Waals surface area (Å²) in [7, 11) is 18.3. The van der Waals surface area contributed by atoms with Gasteiger partial charge in [-0.05, 0) is 79.6 Å². The lowest BCUT2D eigenvalue weighted by Crippen LogP contribution is -2.28. The molecule has 11 rings (SSSR count). The minimum atomic E-state index is -0.549. The maximum Gasteiger partial charge on any atom is 0.291 e. The van der Waals surface area contributed by atoms with Crippen molar-refractivity contribution in [3.8, 4) is 0 Å². The highest BCUT2D eigenvalue weighted by molar-refractivity contribution is 6.11. The molecule has 0 aromatic carbocycles. The zero-order chi connectivity index (χ0) is 81.4. The van der Waals surface area contributed by atoms with Gasteiger partial charge in [0.1, 0.15) is 45.6 Å². The lowest BCUT2D eigenvalue weighted by Gasteiger charge is -2.06. The topological polar surface area (TPSA) is 433 Å². The molecule has 0 bridgehead atoms. The van der Waals surface area contributed by atoms with Gasteiger partial charge in [-0.3, -0.25) is 62.3 Å². The maximum atomic E-state index is 13.6. The first-order valence-electron chi connectivity index (χ1n) is 35.4. The maximum absolute atomic E-state index is 13.6. The van der Waals surface area contributed by atoms with E-state index in [-0.39, 0.29) is 126 Å². The van der Waals surface area contributed by atoms with Crippen molar-refractivity contribution in [1.29, 1.82) is 0 Å². The van der Waals surface area contributed by atoms with Gasteiger partial charge in [0.15, 0.2) is 11.6 Å². The van der Waals surface area contributed by atoms with Crippen LogP contribution in [0.15, 0.2) is 135 Å². The van der Waals surface area contributed by atoms with Gasteiger partial charge in [-0.1, -0.05) is 0 Å². The third kappa shape index (κ3) is 19.3. The summed E-state index contributed by atoms with van der Waals surface area (Å²) in [6, 6.07) is 15.4. The standard InChI is InChI=1S/C76H86N24O13/c1-43-22-44(33-91(43)3)23-63(101)54-24-45(34-92(54)4)82-65(103)15-18-79-69(106)56-28-49(38-94(56)6)85-74(111)61-30-51(40-99(61)11)87-71(108)58-25-46(35-96(58)8)81-64(102)14-13-17-78-68(105)55-27-48(37-93(55)5)84-73(110)60-31-52(41-98(60)10)88-72(109)59-26-47(36-97(59)9)83-66(104)16-19-80-70(107)57-29-50(39-95(57)7)86-75(112)62-32-53(42-100(62)12)89-76(113)67-77-20-21-90(67)2/h20-22,24-42H,13-19,23H2,1-12H3,(H,78,105)(H,79,106)(H,80,107)(H,81,102)(H,82,103)(H,83,104)(H,84,110)(H,85,111)(H,86,112)(H,87,108)(H,88,109)(H,89,113). The van der Waals surface area contributed by atoms with E-state index in [0.717, 1.165) is 11.3 Å². The number of amides is 12. The quantitative estimate of drug-likeness (QED) is 0.0183. The van der Waals surface area contributed by atoms with Gasteiger partial charge in [-0.25, -0.2) is 4.98 Å². The van der Waals surface area contributed by atoms with Gasteiger partial charge in [-0.2, -0.15) is 0 Å². The van der Waals surface area contributed by atoms with Gasteiger partial charge in [0, 0.05) is 203 Å². The molecule has 37 nitrogen and oxygen atoms in total. The minimum absolute atomic E-state index is 0.00484. The summed E-state index contributed by atoms with van der Waals surface area (Å²) in [6.07, 6.45) is 19.4. The van der Waals surface area contributed by atoms with Crippen LogP contribution in [0.2, 0.25) is 0 Å². The molecule has 12 amide bonds. The number of imidazole rings is 1. The Morgan fingerprint density at radius 2 is 0.549 bits per heavy atom. The number of hydrogen-bond donors (Lipinski definition) is 12. The Morgan fingerprint density at radius 3 is 0.841 bits per heavy atom. The Balaban J connectivity index is 0.565. The largest absolute Gasteiger partial charge is 0.354 e. The number of Topliss-reactive ketones (excluding diaryl/α,β-unsaturated/α-hetero) is 1. The van der Waals surface area contributed by atoms with Crippen LogP contribution in [-0.4, -0.2) is 152 Å². The molecule has 0 saturated carbocycles. The lowest BCUT2D eigenvalue weighted by atomic mass is 10.1. The van der Waals surface area contributed by atoms with Gasteiger partial charge in [0.25, 0.3) is 53.2 Å². The molecule has 0 spiro atoms. The number of anilines is 9. The molecule has 37 heteroatoms. The number of nitrogens with one attached hydrogen (secondary N) is 12. The van der Waals surface area contributed by atoms with Crippen LogP contribution in [0.25, 0.3) is 0 Å². The average molecular weight is 1540 g/mol. The second-order valence-corrected chi connectivity index (χ2v) is 27.3. The zero-order valence-corrected chi connectivity index (χ0v) is 64.0. The predicted molar refractivity (Wildman–Crippen MR) is 419 cm³/mol. The number of aryl methyl sites for hydroxylation is 12. The van der Waals surface area contributed by atoms with E-state index in [1.165, 1.54) is 99.1 Å². The molecule has 0 saturated heterocycles. The summed E-state index contributed by atoms with van der Waals surface area (Å²) in [4.78, 5) is 176. The molecule has 0 unspecified atom stereocenters. The van der Waals surface area contributed by atoms with E-state index in [2.05, 4.69) is 68.8 Å². The molecule has 0 radical (unpaired) electrons. The molecule has 11 aromatic heterocycles. The van der Waals surface area contributed by atoms with Crippen molar-refractivity contribution in [2.75, 3.05) is 67.5 Å². The van der Waals surface area contributed by atoms with Crippen molar-refractivity contribution in [1.82, 2.24) is 71.2 Å². The SMILES string of the molecule is Cc1cc(CC(=O)c2cc(NC(=O)CCNC(=O)c3cc(NC(=O)c4cc(NC(=O)c5cc(NC(=O)CCCNC(=O)c6cc(NC(=O)c7cc(NC(=O)c8cc(NC(=O)CCNC(=O)c9cc(NC(=O)c%10cc(NC(=O)c%11nccn%11C)cn%10C)cn9C)cn8C)cn7C)cn6C)cn5C)cn4C)cn3C)cn2C)cn1C. The van der Waals surface area contributed by atoms with Crippen molar-refractivity contribution in [2.45, 2.75) is 39.0 Å². The Hall–Kier alpha value is -14.7. The molecule has 0 aliphatic rings. The molecule has 12 N–H and O–H groups in total. The van der Waals surface area contributed by atoms with E-state index in [4.69, 9.17) is 0 Å². The van der Waals surface area contributed by atoms with Gasteiger partial charge in [-0.15, -0.1) is 0 Å². The van der Waals surface area contributed by atoms with Gasteiger partial charge in [0.2, 0.25) is 17.7 Å². The van der Waals surface area contributed by atoms with Crippen molar-refractivity contribution in [2.24, 2.45) is 77.5 Å². The van der Waals surface area contributed by atoms with E-state index in [1.54, 1.807) is 140 Å². The molecule has 11 aromatic rings. The fourth-order valence-corrected chi connectivity index (χ4v) is 12.6. The summed E-state index contributed by atoms with van der Waals surface area (Å²) in [5.74, 6) is -5.68. The van der Waals surface area contributed by atoms with Crippen molar-refractivity contribution >= 4 is 128 Å². The fraction of sp³-hybridized carbons (Fsp3) is 0.263. The van der Waals surface area contributed by atoms with Gasteiger partial charge < -0.3 is 114 Å². The average Bonchev–Trinajstić information content (AvgIpc) is 1.69. The Bertz CT molecular complexity index is 5580. The first kappa shape index (κ1) is 79.4. The Morgan fingerprint density at radius 1 is 0.283 bits per heavy atom. The number of rotatable bonds is 31. The summed E-state index contributed by atoms with van der Waals surface area (Å²) < 4.78 is 17.3. The van der Waals surface area contributed by atoms with E-state index in [9.17, 15) is 62.3 Å². The van der Waals surface area contributed by atoms with Crippen LogP contribution in [0.4, 0.5) is 51.2 Å². The van der Waals surface area contributed by atoms with E-state index in [0.29, 0.717) is 51.2 Å². The van der Waals surface area contributed by atoms with Crippen LogP contribution in [0.5, 0.6) is 0 Å². The van der Waals surface area contributed by atoms with Crippen molar-refractivity contribution in [3.63, 3.8) is 0 Å². The zero-order valence-electron chi connectivity index (χ0n) is 64.0. The molecule has 0 aliphatic heterocycles. The number of carbonyl (C=O) groups excluding carboxylic acids is 13. The number of carbonyl (C=O) groups is 13. The van der Waals surface area contributed by atoms with Gasteiger partial charge in [0.05, 0.1) is 56.9 Å². The molecular weight excluding hydrogens is 1460 g/mol. The number of ketones is 1. The third-order valence-electron chi connectivity index (χ3n) is 18.4. The van der Waals surface area contributed by atoms with E-state index < -0.39 is 59.1 Å². The van der Waals surface area contributed by atoms with Crippen LogP contribution in [0, 0.1) is 6.92 Å². The number of hydrogen-bond acceptors (Lipinski definition) is 14. The molecule has 0 fully saturated rings. The van der Waals surface area contributed by atoms with Crippen LogP contribution in [0.3, 0.4) is 0 Å². The van der Waals surface area contributed by atoms with E-state index >= 15 is 0 Å². The predicted octanol–water partition coefficient (Wildman–Crippen LogP) is 5.72. The first-order chi connectivity index (χ1) is 53.7. The molecule has 113 heavy (non-hydrogen) atoms. The lowest BCUT2D eigenvalue weighted by molar-refractivity contribution is -0.117. The smallest absolute Gasteiger partial charge is 0.291 e. The summed E-state index contributed by atoms with van der Waals surface area (Å²) >= 11 is 0. The summed E-state index contributed by atoms with van der Waals surface area (Å²) in [5, 5.41) is 33.1. The molecule has 588 valence electrons. The second kappa shape index (κ2) is 33.8. The van der Waals surface area contributed by atoms with E-state index in [1.807, 2.05) is 30.8 Å². The summed E-state index contributed by atoms with van der Waals surface area (Å²) in [5.41, 5.74) is 6.94. The second-order valence-electron chi connectivity index (χ2n) is 27.3. The molecule has 11 heterocycles. The normalized spacial score (nSPS) is 11.0. The molecule has 0 aliphatic carbocycles. The number of nitrogens with zero attached hydrogens (tertiary/aromatic N) is 12. The van der Waals surface area contributed by atoms with Crippen molar-refractivity contribution < 1.29 is 62.3 Å². The van der Waals surface area contributed by atoms with Crippen LogP contribution in [-0.2, 0) is 98.3 Å². The first-order valence-corrected chi connectivity index (χ1v) is 35.4. The highest BCUT2D eigenvalue weighted by Gasteiger charge is 2.25. The van der Waals surface area contributed by atoms with Crippen LogP contribution in [0.1, 0.15) is 142 Å². The monoisotopic (exact) mass is 1540 g/mol. The highest BCUT2D eigenvalue weighted by Crippen LogP contribution is 2.25. The molecule has 0 atom stereocenters. The van der Waals surface area contributed by atoms with Crippen molar-refractivity contribution in [3.05, 3.63) is 203 Å². The van der Waals surface area contributed by atoms with Gasteiger partial charge >= 0.3 is 0 Å². The minimum Gasteiger partial charge on any atom is -0.354 e. The summed E-state index contributed by atoms with van der Waals surface area (Å²) in [6.45, 7) is 2.03. The molecular formula is C76H86N24O13.